The maximum Gasteiger partial charge on any atom is 0.261 e. The van der Waals surface area contributed by atoms with E-state index in [-0.39, 0.29) is 17.6 Å². The second-order valence-electron chi connectivity index (χ2n) is 7.23. The molecule has 0 bridgehead atoms. The molecule has 0 aromatic carbocycles. The van der Waals surface area contributed by atoms with Crippen LogP contribution < -0.4 is 5.32 Å². The second kappa shape index (κ2) is 7.12. The van der Waals surface area contributed by atoms with E-state index < -0.39 is 0 Å². The van der Waals surface area contributed by atoms with Gasteiger partial charge in [-0.15, -0.1) is 11.3 Å². The van der Waals surface area contributed by atoms with Gasteiger partial charge in [-0.05, 0) is 43.6 Å². The summed E-state index contributed by atoms with van der Waals surface area (Å²) in [5.41, 5.74) is -0.0188. The molecule has 0 aliphatic carbocycles. The molecule has 1 amide bonds. The lowest BCUT2D eigenvalue weighted by Crippen LogP contribution is -2.49. The van der Waals surface area contributed by atoms with Crippen molar-refractivity contribution in [1.29, 1.82) is 0 Å². The van der Waals surface area contributed by atoms with Gasteiger partial charge < -0.3 is 14.8 Å². The number of ether oxygens (including phenoxy) is 2. The van der Waals surface area contributed by atoms with Crippen molar-refractivity contribution < 1.29 is 14.3 Å². The lowest BCUT2D eigenvalue weighted by molar-refractivity contribution is -0.0613. The first kappa shape index (κ1) is 16.5. The molecule has 1 aromatic rings. The fourth-order valence-electron chi connectivity index (χ4n) is 4.30. The van der Waals surface area contributed by atoms with Crippen LogP contribution in [-0.2, 0) is 9.47 Å². The molecule has 0 saturated carbocycles. The van der Waals surface area contributed by atoms with Gasteiger partial charge in [-0.2, -0.15) is 0 Å². The lowest BCUT2D eigenvalue weighted by atomic mass is 9.86. The maximum absolute atomic E-state index is 12.2. The Bertz CT molecular complexity index is 549. The largest absolute Gasteiger partial charge is 0.381 e. The third-order valence-corrected chi connectivity index (χ3v) is 6.57. The number of nitrogens with one attached hydrogen (secondary N) is 1. The molecule has 3 aliphatic rings. The highest BCUT2D eigenvalue weighted by atomic mass is 32.1. The minimum atomic E-state index is -0.0188. The van der Waals surface area contributed by atoms with E-state index in [1.165, 1.54) is 11.3 Å². The van der Waals surface area contributed by atoms with Gasteiger partial charge in [-0.25, -0.2) is 0 Å². The third-order valence-electron chi connectivity index (χ3n) is 5.71. The number of carbonyl (C=O) groups excluding carboxylic acids is 1. The van der Waals surface area contributed by atoms with E-state index in [1.807, 2.05) is 17.5 Å². The predicted molar refractivity (Wildman–Crippen MR) is 93.5 cm³/mol. The van der Waals surface area contributed by atoms with Crippen LogP contribution in [-0.4, -0.2) is 61.4 Å². The van der Waals surface area contributed by atoms with E-state index in [2.05, 4.69) is 10.2 Å². The molecule has 3 fully saturated rings. The topological polar surface area (TPSA) is 50.8 Å². The first-order chi connectivity index (χ1) is 11.7. The van der Waals surface area contributed by atoms with Crippen LogP contribution in [0.4, 0.5) is 0 Å². The van der Waals surface area contributed by atoms with Crippen molar-refractivity contribution in [2.45, 2.75) is 49.8 Å². The van der Waals surface area contributed by atoms with Gasteiger partial charge in [0.05, 0.1) is 23.1 Å². The van der Waals surface area contributed by atoms with E-state index in [1.54, 1.807) is 0 Å². The molecule has 1 aromatic heterocycles. The number of piperidine rings is 1. The number of rotatable bonds is 3. The van der Waals surface area contributed by atoms with Crippen LogP contribution in [0.15, 0.2) is 17.5 Å². The van der Waals surface area contributed by atoms with Gasteiger partial charge in [-0.3, -0.25) is 9.69 Å². The predicted octanol–water partition coefficient (Wildman–Crippen LogP) is 2.28. The SMILES string of the molecule is O=C(N[C@H]1COC2(CCN(C3CCOCC3)CC2)C1)c1cccs1. The number of amides is 1. The first-order valence-electron chi connectivity index (χ1n) is 9.04. The zero-order valence-electron chi connectivity index (χ0n) is 14.0. The molecule has 132 valence electrons. The summed E-state index contributed by atoms with van der Waals surface area (Å²) in [6.07, 6.45) is 5.43. The fourth-order valence-corrected chi connectivity index (χ4v) is 4.92. The number of carbonyl (C=O) groups is 1. The molecule has 3 aliphatic heterocycles. The van der Waals surface area contributed by atoms with Crippen molar-refractivity contribution in [3.8, 4) is 0 Å². The molecule has 4 rings (SSSR count). The summed E-state index contributed by atoms with van der Waals surface area (Å²) in [4.78, 5) is 15.6. The second-order valence-corrected chi connectivity index (χ2v) is 8.17. The zero-order valence-corrected chi connectivity index (χ0v) is 14.9. The third kappa shape index (κ3) is 3.52. The molecule has 1 N–H and O–H groups in total. The Morgan fingerprint density at radius 2 is 2.08 bits per heavy atom. The number of thiophene rings is 1. The standard InChI is InChI=1S/C18H26N2O3S/c21-17(16-2-1-11-24-16)19-14-12-18(23-13-14)5-7-20(8-6-18)15-3-9-22-10-4-15/h1-2,11,14-15H,3-10,12-13H2,(H,19,21)/t14-/m1/s1. The number of hydrogen-bond acceptors (Lipinski definition) is 5. The molecular weight excluding hydrogens is 324 g/mol. The Balaban J connectivity index is 1.28. The summed E-state index contributed by atoms with van der Waals surface area (Å²) in [5, 5.41) is 5.08. The van der Waals surface area contributed by atoms with Gasteiger partial charge in [-0.1, -0.05) is 6.07 Å². The van der Waals surface area contributed by atoms with Crippen molar-refractivity contribution in [2.75, 3.05) is 32.9 Å². The van der Waals surface area contributed by atoms with E-state index in [9.17, 15) is 4.79 Å². The lowest BCUT2D eigenvalue weighted by Gasteiger charge is -2.43. The molecular formula is C18H26N2O3S. The molecule has 24 heavy (non-hydrogen) atoms. The molecule has 1 atom stereocenters. The van der Waals surface area contributed by atoms with Crippen LogP contribution in [0.3, 0.4) is 0 Å². The Morgan fingerprint density at radius 3 is 2.79 bits per heavy atom. The fraction of sp³-hybridized carbons (Fsp3) is 0.722. The summed E-state index contributed by atoms with van der Waals surface area (Å²) in [5.74, 6) is 0.0373. The minimum absolute atomic E-state index is 0.0188. The summed E-state index contributed by atoms with van der Waals surface area (Å²) in [7, 11) is 0. The van der Waals surface area contributed by atoms with E-state index in [0.717, 1.165) is 63.3 Å². The average molecular weight is 350 g/mol. The van der Waals surface area contributed by atoms with E-state index in [4.69, 9.17) is 9.47 Å². The minimum Gasteiger partial charge on any atom is -0.381 e. The van der Waals surface area contributed by atoms with Crippen LogP contribution in [0.2, 0.25) is 0 Å². The smallest absolute Gasteiger partial charge is 0.261 e. The number of likely N-dealkylation sites (tertiary alicyclic amines) is 1. The Labute approximate surface area is 147 Å². The van der Waals surface area contributed by atoms with Crippen LogP contribution in [0.5, 0.6) is 0 Å². The van der Waals surface area contributed by atoms with Crippen molar-refractivity contribution >= 4 is 17.2 Å². The van der Waals surface area contributed by atoms with Crippen LogP contribution >= 0.6 is 11.3 Å². The summed E-state index contributed by atoms with van der Waals surface area (Å²) >= 11 is 1.49. The highest BCUT2D eigenvalue weighted by Crippen LogP contribution is 2.37. The first-order valence-corrected chi connectivity index (χ1v) is 9.92. The summed E-state index contributed by atoms with van der Waals surface area (Å²) in [6.45, 7) is 4.67. The van der Waals surface area contributed by atoms with Gasteiger partial charge in [0.2, 0.25) is 0 Å². The Morgan fingerprint density at radius 1 is 1.29 bits per heavy atom. The van der Waals surface area contributed by atoms with Gasteiger partial charge in [0.25, 0.3) is 5.91 Å². The van der Waals surface area contributed by atoms with Crippen molar-refractivity contribution in [3.05, 3.63) is 22.4 Å². The maximum atomic E-state index is 12.2. The highest BCUT2D eigenvalue weighted by Gasteiger charge is 2.44. The van der Waals surface area contributed by atoms with Gasteiger partial charge >= 0.3 is 0 Å². The Hall–Kier alpha value is -0.950. The van der Waals surface area contributed by atoms with Crippen LogP contribution in [0, 0.1) is 0 Å². The van der Waals surface area contributed by atoms with E-state index in [0.29, 0.717) is 12.6 Å². The molecule has 0 radical (unpaired) electrons. The van der Waals surface area contributed by atoms with Gasteiger partial charge in [0.15, 0.2) is 0 Å². The average Bonchev–Trinajstić information content (AvgIpc) is 3.27. The number of nitrogens with zero attached hydrogens (tertiary/aromatic N) is 1. The van der Waals surface area contributed by atoms with Gasteiger partial charge in [0.1, 0.15) is 0 Å². The summed E-state index contributed by atoms with van der Waals surface area (Å²) in [6, 6.07) is 4.62. The quantitative estimate of drug-likeness (QED) is 0.909. The zero-order chi connectivity index (χ0) is 16.4. The molecule has 0 unspecified atom stereocenters. The normalized spacial score (nSPS) is 28.2. The van der Waals surface area contributed by atoms with Crippen LogP contribution in [0.25, 0.3) is 0 Å². The van der Waals surface area contributed by atoms with Crippen molar-refractivity contribution in [1.82, 2.24) is 10.2 Å². The number of hydrogen-bond donors (Lipinski definition) is 1. The molecule has 5 nitrogen and oxygen atoms in total. The molecule has 3 saturated heterocycles. The molecule has 6 heteroatoms. The monoisotopic (exact) mass is 350 g/mol. The van der Waals surface area contributed by atoms with E-state index >= 15 is 0 Å². The Kier molecular flexibility index (Phi) is 4.90. The summed E-state index contributed by atoms with van der Waals surface area (Å²) < 4.78 is 11.7. The van der Waals surface area contributed by atoms with Crippen LogP contribution in [0.1, 0.15) is 41.8 Å². The highest BCUT2D eigenvalue weighted by molar-refractivity contribution is 7.12. The van der Waals surface area contributed by atoms with Crippen molar-refractivity contribution in [3.63, 3.8) is 0 Å². The van der Waals surface area contributed by atoms with Gasteiger partial charge in [0, 0.05) is 32.3 Å². The van der Waals surface area contributed by atoms with Crippen molar-refractivity contribution in [2.24, 2.45) is 0 Å². The molecule has 4 heterocycles. The molecule has 1 spiro atoms.